The molecule has 1 aromatic heterocycles. The standard InChI is InChI=1S/C19H15FN2O3S2/c20-13-3-1-12(2-4-13)9-26-19-22-15(10-27-19)8-18(23)21-14-5-6-16-17(7-14)25-11-24-16/h1-7,10H,8-9,11H2,(H,21,23). The number of ether oxygens (including phenoxy) is 2. The van der Waals surface area contributed by atoms with Crippen LogP contribution in [0.3, 0.4) is 0 Å². The summed E-state index contributed by atoms with van der Waals surface area (Å²) in [5, 5.41) is 4.72. The number of benzene rings is 2. The summed E-state index contributed by atoms with van der Waals surface area (Å²) in [5.74, 6) is 1.62. The molecule has 0 unspecified atom stereocenters. The Labute approximate surface area is 163 Å². The normalized spacial score (nSPS) is 12.2. The lowest BCUT2D eigenvalue weighted by Gasteiger charge is -2.05. The predicted molar refractivity (Wildman–Crippen MR) is 103 cm³/mol. The molecule has 1 amide bonds. The van der Waals surface area contributed by atoms with Crippen molar-refractivity contribution in [3.8, 4) is 11.5 Å². The van der Waals surface area contributed by atoms with Gasteiger partial charge in [0.15, 0.2) is 11.5 Å². The average Bonchev–Trinajstić information content (AvgIpc) is 3.30. The fourth-order valence-electron chi connectivity index (χ4n) is 2.51. The van der Waals surface area contributed by atoms with Crippen molar-refractivity contribution in [2.75, 3.05) is 12.1 Å². The number of hydrogen-bond donors (Lipinski definition) is 1. The number of halogens is 1. The molecule has 0 radical (unpaired) electrons. The van der Waals surface area contributed by atoms with Gasteiger partial charge in [-0.1, -0.05) is 23.9 Å². The molecular weight excluding hydrogens is 387 g/mol. The summed E-state index contributed by atoms with van der Waals surface area (Å²) >= 11 is 3.07. The second-order valence-corrected chi connectivity index (χ2v) is 7.89. The van der Waals surface area contributed by atoms with Gasteiger partial charge in [0.05, 0.1) is 12.1 Å². The van der Waals surface area contributed by atoms with Gasteiger partial charge in [-0.25, -0.2) is 9.37 Å². The third kappa shape index (κ3) is 4.58. The lowest BCUT2D eigenvalue weighted by atomic mass is 10.2. The molecule has 0 atom stereocenters. The summed E-state index contributed by atoms with van der Waals surface area (Å²) in [7, 11) is 0. The number of carbonyl (C=O) groups excluding carboxylic acids is 1. The van der Waals surface area contributed by atoms with Crippen molar-refractivity contribution in [2.24, 2.45) is 0 Å². The van der Waals surface area contributed by atoms with Crippen LogP contribution in [0, 0.1) is 5.82 Å². The lowest BCUT2D eigenvalue weighted by Crippen LogP contribution is -2.14. The number of rotatable bonds is 6. The highest BCUT2D eigenvalue weighted by atomic mass is 32.2. The van der Waals surface area contributed by atoms with Crippen molar-refractivity contribution in [1.82, 2.24) is 4.98 Å². The van der Waals surface area contributed by atoms with Gasteiger partial charge >= 0.3 is 0 Å². The number of thioether (sulfide) groups is 1. The topological polar surface area (TPSA) is 60.5 Å². The Kier molecular flexibility index (Phi) is 5.26. The molecule has 1 N–H and O–H groups in total. The number of anilines is 1. The van der Waals surface area contributed by atoms with Gasteiger partial charge in [-0.3, -0.25) is 4.79 Å². The third-order valence-electron chi connectivity index (χ3n) is 3.80. The molecular formula is C19H15FN2O3S2. The van der Waals surface area contributed by atoms with E-state index in [0.29, 0.717) is 22.9 Å². The van der Waals surface area contributed by atoms with E-state index in [2.05, 4.69) is 10.3 Å². The van der Waals surface area contributed by atoms with Crippen molar-refractivity contribution in [1.29, 1.82) is 0 Å². The van der Waals surface area contributed by atoms with Crippen LogP contribution >= 0.6 is 23.1 Å². The maximum atomic E-state index is 12.9. The molecule has 2 heterocycles. The predicted octanol–water partition coefficient (Wildman–Crippen LogP) is 4.48. The molecule has 0 fully saturated rings. The molecule has 0 bridgehead atoms. The number of nitrogens with one attached hydrogen (secondary N) is 1. The fraction of sp³-hybridized carbons (Fsp3) is 0.158. The van der Waals surface area contributed by atoms with Gasteiger partial charge in [-0.15, -0.1) is 11.3 Å². The fourth-order valence-corrected chi connectivity index (χ4v) is 4.31. The van der Waals surface area contributed by atoms with E-state index >= 15 is 0 Å². The maximum Gasteiger partial charge on any atom is 0.231 e. The molecule has 0 spiro atoms. The number of nitrogens with zero attached hydrogens (tertiary/aromatic N) is 1. The van der Waals surface area contributed by atoms with Gasteiger partial charge < -0.3 is 14.8 Å². The van der Waals surface area contributed by atoms with Crippen LogP contribution in [0.1, 0.15) is 11.3 Å². The van der Waals surface area contributed by atoms with Gasteiger partial charge in [0.2, 0.25) is 12.7 Å². The number of aromatic nitrogens is 1. The molecule has 3 aromatic rings. The molecule has 0 saturated carbocycles. The van der Waals surface area contributed by atoms with E-state index in [-0.39, 0.29) is 24.9 Å². The van der Waals surface area contributed by atoms with Crippen LogP contribution in [0.5, 0.6) is 11.5 Å². The van der Waals surface area contributed by atoms with E-state index in [4.69, 9.17) is 9.47 Å². The summed E-state index contributed by atoms with van der Waals surface area (Å²) in [6, 6.07) is 11.7. The van der Waals surface area contributed by atoms with Crippen LogP contribution in [0.4, 0.5) is 10.1 Å². The Bertz CT molecular complexity index is 960. The molecule has 1 aliphatic heterocycles. The highest BCUT2D eigenvalue weighted by Crippen LogP contribution is 2.34. The molecule has 2 aromatic carbocycles. The quantitative estimate of drug-likeness (QED) is 0.616. The Balaban J connectivity index is 1.30. The Hall–Kier alpha value is -2.58. The second kappa shape index (κ2) is 7.98. The van der Waals surface area contributed by atoms with Crippen LogP contribution in [0.15, 0.2) is 52.2 Å². The number of carbonyl (C=O) groups is 1. The van der Waals surface area contributed by atoms with Crippen molar-refractivity contribution < 1.29 is 18.7 Å². The molecule has 5 nitrogen and oxygen atoms in total. The van der Waals surface area contributed by atoms with E-state index in [1.54, 1.807) is 42.1 Å². The number of fused-ring (bicyclic) bond motifs is 1. The lowest BCUT2D eigenvalue weighted by molar-refractivity contribution is -0.115. The first-order chi connectivity index (χ1) is 13.2. The first-order valence-corrected chi connectivity index (χ1v) is 10.0. The molecule has 138 valence electrons. The highest BCUT2D eigenvalue weighted by Gasteiger charge is 2.15. The average molecular weight is 402 g/mol. The molecule has 0 aliphatic carbocycles. The minimum atomic E-state index is -0.242. The third-order valence-corrected chi connectivity index (χ3v) is 5.95. The van der Waals surface area contributed by atoms with Crippen LogP contribution < -0.4 is 14.8 Å². The Morgan fingerprint density at radius 3 is 2.85 bits per heavy atom. The summed E-state index contributed by atoms with van der Waals surface area (Å²) in [5.41, 5.74) is 2.41. The smallest absolute Gasteiger partial charge is 0.231 e. The van der Waals surface area contributed by atoms with E-state index in [1.807, 2.05) is 5.38 Å². The van der Waals surface area contributed by atoms with Gasteiger partial charge in [-0.2, -0.15) is 0 Å². The van der Waals surface area contributed by atoms with Crippen molar-refractivity contribution in [2.45, 2.75) is 16.5 Å². The monoisotopic (exact) mass is 402 g/mol. The van der Waals surface area contributed by atoms with Crippen LogP contribution in [0.25, 0.3) is 0 Å². The van der Waals surface area contributed by atoms with Gasteiger partial charge in [0, 0.05) is 22.9 Å². The van der Waals surface area contributed by atoms with E-state index in [1.165, 1.54) is 23.5 Å². The number of amides is 1. The minimum absolute atomic E-state index is 0.144. The maximum absolute atomic E-state index is 12.9. The molecule has 8 heteroatoms. The molecule has 0 saturated heterocycles. The zero-order chi connectivity index (χ0) is 18.6. The molecule has 27 heavy (non-hydrogen) atoms. The zero-order valence-corrected chi connectivity index (χ0v) is 15.7. The van der Waals surface area contributed by atoms with Gasteiger partial charge in [0.1, 0.15) is 10.2 Å². The second-order valence-electron chi connectivity index (χ2n) is 5.81. The van der Waals surface area contributed by atoms with E-state index in [0.717, 1.165) is 15.6 Å². The Morgan fingerprint density at radius 2 is 2.00 bits per heavy atom. The zero-order valence-electron chi connectivity index (χ0n) is 14.1. The summed E-state index contributed by atoms with van der Waals surface area (Å²) in [4.78, 5) is 16.7. The Morgan fingerprint density at radius 1 is 1.19 bits per heavy atom. The first kappa shape index (κ1) is 17.8. The minimum Gasteiger partial charge on any atom is -0.454 e. The number of hydrogen-bond acceptors (Lipinski definition) is 6. The van der Waals surface area contributed by atoms with Gasteiger partial charge in [0.25, 0.3) is 0 Å². The first-order valence-electron chi connectivity index (χ1n) is 8.17. The van der Waals surface area contributed by atoms with Crippen molar-refractivity contribution in [3.05, 3.63) is 64.9 Å². The largest absolute Gasteiger partial charge is 0.454 e. The highest BCUT2D eigenvalue weighted by molar-refractivity contribution is 8.00. The van der Waals surface area contributed by atoms with Crippen molar-refractivity contribution >= 4 is 34.7 Å². The summed E-state index contributed by atoms with van der Waals surface area (Å²) in [6.45, 7) is 0.198. The van der Waals surface area contributed by atoms with Crippen LogP contribution in [-0.4, -0.2) is 17.7 Å². The molecule has 1 aliphatic rings. The van der Waals surface area contributed by atoms with Crippen LogP contribution in [-0.2, 0) is 17.0 Å². The van der Waals surface area contributed by atoms with Gasteiger partial charge in [-0.05, 0) is 29.8 Å². The van der Waals surface area contributed by atoms with Crippen LogP contribution in [0.2, 0.25) is 0 Å². The summed E-state index contributed by atoms with van der Waals surface area (Å²) in [6.07, 6.45) is 0.196. The summed E-state index contributed by atoms with van der Waals surface area (Å²) < 4.78 is 24.4. The van der Waals surface area contributed by atoms with E-state index in [9.17, 15) is 9.18 Å². The molecule has 4 rings (SSSR count). The van der Waals surface area contributed by atoms with Crippen molar-refractivity contribution in [3.63, 3.8) is 0 Å². The SMILES string of the molecule is O=C(Cc1csc(SCc2ccc(F)cc2)n1)Nc1ccc2c(c1)OCO2. The number of thiazole rings is 1. The van der Waals surface area contributed by atoms with E-state index < -0.39 is 0 Å².